The smallest absolute Gasteiger partial charge is 0.126 e. The van der Waals surface area contributed by atoms with Crippen molar-refractivity contribution in [1.82, 2.24) is 0 Å². The second-order valence-electron chi connectivity index (χ2n) is 5.35. The maximum absolute atomic E-state index is 5.88. The predicted octanol–water partition coefficient (Wildman–Crippen LogP) is 5.11. The Morgan fingerprint density at radius 3 is 1.12 bits per heavy atom. The fraction of sp³-hybridized carbons (Fsp3) is 1.00. The topological polar surface area (TPSA) is 0 Å². The Morgan fingerprint density at radius 2 is 0.938 bits per heavy atom. The van der Waals surface area contributed by atoms with E-state index in [2.05, 4.69) is 20.8 Å². The molecule has 0 aromatic heterocycles. The quantitative estimate of drug-likeness (QED) is 0.408. The molecule has 0 rings (SSSR count). The Bertz CT molecular complexity index is 138. The molecule has 0 aliphatic rings. The van der Waals surface area contributed by atoms with Crippen molar-refractivity contribution >= 4 is 41.5 Å². The first-order valence-electron chi connectivity index (χ1n) is 6.21. The van der Waals surface area contributed by atoms with E-state index in [9.17, 15) is 0 Å². The lowest BCUT2D eigenvalue weighted by Crippen LogP contribution is -2.23. The average molecular weight is 285 g/mol. The summed E-state index contributed by atoms with van der Waals surface area (Å²) >= 11 is 17.7. The summed E-state index contributed by atoms with van der Waals surface area (Å²) in [5.74, 6) is 4.04. The first-order chi connectivity index (χ1) is 7.53. The van der Waals surface area contributed by atoms with Crippen LogP contribution in [0.5, 0.6) is 0 Å². The molecule has 0 radical (unpaired) electrons. The van der Waals surface area contributed by atoms with Crippen molar-refractivity contribution in [3.63, 3.8) is 0 Å². The minimum Gasteiger partial charge on any atom is -0.126 e. The van der Waals surface area contributed by atoms with Crippen molar-refractivity contribution in [2.24, 2.45) is 17.8 Å². The van der Waals surface area contributed by atoms with E-state index in [1.165, 1.54) is 19.0 Å². The van der Waals surface area contributed by atoms with E-state index in [0.717, 1.165) is 24.4 Å². The molecular formula is C12H24BCl3. The highest BCUT2D eigenvalue weighted by Gasteiger charge is 2.21. The van der Waals surface area contributed by atoms with Gasteiger partial charge in [0, 0.05) is 17.6 Å². The highest BCUT2D eigenvalue weighted by molar-refractivity contribution is 6.59. The first-order valence-corrected chi connectivity index (χ1v) is 7.81. The van der Waals surface area contributed by atoms with E-state index in [-0.39, 0.29) is 0 Å². The number of alkyl halides is 3. The first kappa shape index (κ1) is 16.9. The summed E-state index contributed by atoms with van der Waals surface area (Å²) in [5, 5.41) is 0. The number of hydrogen-bond donors (Lipinski definition) is 0. The third-order valence-corrected chi connectivity index (χ3v) is 4.58. The molecule has 16 heavy (non-hydrogen) atoms. The summed E-state index contributed by atoms with van der Waals surface area (Å²) in [7, 11) is 0. The Kier molecular flexibility index (Phi) is 10.5. The molecule has 4 heteroatoms. The molecule has 0 aromatic carbocycles. The summed E-state index contributed by atoms with van der Waals surface area (Å²) < 4.78 is 0. The number of halogens is 3. The molecule has 0 nitrogen and oxygen atoms in total. The number of rotatable bonds is 9. The molecule has 0 aliphatic heterocycles. The highest BCUT2D eigenvalue weighted by Crippen LogP contribution is 2.23. The SMILES string of the molecule is CC(CCl)CB(CC(C)CCl)CC(C)CCl. The van der Waals surface area contributed by atoms with Crippen molar-refractivity contribution < 1.29 is 0 Å². The molecule has 0 bridgehead atoms. The van der Waals surface area contributed by atoms with Gasteiger partial charge >= 0.3 is 0 Å². The summed E-state index contributed by atoms with van der Waals surface area (Å²) in [6.07, 6.45) is 3.60. The lowest BCUT2D eigenvalue weighted by Gasteiger charge is -2.21. The highest BCUT2D eigenvalue weighted by atomic mass is 35.5. The van der Waals surface area contributed by atoms with Crippen molar-refractivity contribution in [1.29, 1.82) is 0 Å². The normalized spacial score (nSPS) is 16.9. The molecule has 0 N–H and O–H groups in total. The average Bonchev–Trinajstić information content (AvgIpc) is 2.28. The van der Waals surface area contributed by atoms with E-state index in [1.54, 1.807) is 0 Å². The molecule has 0 spiro atoms. The van der Waals surface area contributed by atoms with Gasteiger partial charge in [-0.15, -0.1) is 34.8 Å². The molecule has 0 fully saturated rings. The van der Waals surface area contributed by atoms with E-state index < -0.39 is 0 Å². The van der Waals surface area contributed by atoms with Gasteiger partial charge in [0.05, 0.1) is 0 Å². The standard InChI is InChI=1S/C12H24BCl3/c1-10(7-14)4-13(5-11(2)8-15)6-12(3)9-16/h10-12H,4-9H2,1-3H3. The summed E-state index contributed by atoms with van der Waals surface area (Å²) in [5.41, 5.74) is 0. The van der Waals surface area contributed by atoms with Gasteiger partial charge in [-0.2, -0.15) is 0 Å². The zero-order valence-corrected chi connectivity index (χ0v) is 13.0. The minimum absolute atomic E-state index is 0.594. The van der Waals surface area contributed by atoms with Gasteiger partial charge in [0.1, 0.15) is 6.71 Å². The van der Waals surface area contributed by atoms with Gasteiger partial charge in [0.15, 0.2) is 0 Å². The van der Waals surface area contributed by atoms with Crippen LogP contribution < -0.4 is 0 Å². The molecular weight excluding hydrogens is 261 g/mol. The predicted molar refractivity (Wildman–Crippen MR) is 79.8 cm³/mol. The van der Waals surface area contributed by atoms with Crippen LogP contribution in [0, 0.1) is 17.8 Å². The van der Waals surface area contributed by atoms with E-state index in [4.69, 9.17) is 34.8 Å². The van der Waals surface area contributed by atoms with Gasteiger partial charge in [-0.25, -0.2) is 0 Å². The van der Waals surface area contributed by atoms with Gasteiger partial charge in [-0.3, -0.25) is 0 Å². The van der Waals surface area contributed by atoms with Crippen LogP contribution in [0.1, 0.15) is 20.8 Å². The van der Waals surface area contributed by atoms with Crippen LogP contribution in [-0.2, 0) is 0 Å². The largest absolute Gasteiger partial charge is 0.140 e. The monoisotopic (exact) mass is 284 g/mol. The summed E-state index contributed by atoms with van der Waals surface area (Å²) in [6, 6.07) is 0. The molecule has 0 aliphatic carbocycles. The molecule has 0 saturated heterocycles. The molecule has 0 aromatic rings. The maximum Gasteiger partial charge on any atom is 0.140 e. The van der Waals surface area contributed by atoms with Crippen LogP contribution in [0.2, 0.25) is 19.0 Å². The minimum atomic E-state index is 0.594. The molecule has 3 atom stereocenters. The summed E-state index contributed by atoms with van der Waals surface area (Å²) in [6.45, 7) is 7.38. The van der Waals surface area contributed by atoms with Crippen LogP contribution in [0.25, 0.3) is 0 Å². The molecule has 3 unspecified atom stereocenters. The van der Waals surface area contributed by atoms with Crippen molar-refractivity contribution in [2.45, 2.75) is 39.7 Å². The van der Waals surface area contributed by atoms with Crippen LogP contribution in [-0.4, -0.2) is 24.4 Å². The fourth-order valence-corrected chi connectivity index (χ4v) is 2.56. The van der Waals surface area contributed by atoms with Crippen LogP contribution in [0.3, 0.4) is 0 Å². The zero-order chi connectivity index (χ0) is 12.6. The van der Waals surface area contributed by atoms with Crippen molar-refractivity contribution in [3.8, 4) is 0 Å². The Balaban J connectivity index is 4.15. The maximum atomic E-state index is 5.88. The van der Waals surface area contributed by atoms with E-state index in [0.29, 0.717) is 17.8 Å². The summed E-state index contributed by atoms with van der Waals surface area (Å²) in [4.78, 5) is 0. The lowest BCUT2D eigenvalue weighted by molar-refractivity contribution is 0.667. The van der Waals surface area contributed by atoms with Crippen LogP contribution >= 0.6 is 34.8 Å². The Labute approximate surface area is 116 Å². The van der Waals surface area contributed by atoms with Gasteiger partial charge in [-0.05, 0) is 17.8 Å². The van der Waals surface area contributed by atoms with Crippen LogP contribution in [0.15, 0.2) is 0 Å². The van der Waals surface area contributed by atoms with Gasteiger partial charge in [0.2, 0.25) is 0 Å². The zero-order valence-electron chi connectivity index (χ0n) is 10.7. The van der Waals surface area contributed by atoms with Gasteiger partial charge in [0.25, 0.3) is 0 Å². The number of hydrogen-bond acceptors (Lipinski definition) is 0. The second kappa shape index (κ2) is 9.91. The molecule has 96 valence electrons. The van der Waals surface area contributed by atoms with Gasteiger partial charge in [-0.1, -0.05) is 39.7 Å². The third-order valence-electron chi connectivity index (χ3n) is 3.00. The van der Waals surface area contributed by atoms with Crippen molar-refractivity contribution in [2.75, 3.05) is 17.6 Å². The van der Waals surface area contributed by atoms with E-state index >= 15 is 0 Å². The third kappa shape index (κ3) is 8.09. The molecule has 0 amide bonds. The molecule has 0 heterocycles. The molecule has 0 saturated carbocycles. The second-order valence-corrected chi connectivity index (χ2v) is 6.28. The Hall–Kier alpha value is 0.935. The van der Waals surface area contributed by atoms with Crippen LogP contribution in [0.4, 0.5) is 0 Å². The van der Waals surface area contributed by atoms with Gasteiger partial charge < -0.3 is 0 Å². The van der Waals surface area contributed by atoms with E-state index in [1.807, 2.05) is 0 Å². The fourth-order valence-electron chi connectivity index (χ4n) is 2.18. The van der Waals surface area contributed by atoms with Crippen molar-refractivity contribution in [3.05, 3.63) is 0 Å². The Morgan fingerprint density at radius 1 is 0.688 bits per heavy atom. The lowest BCUT2D eigenvalue weighted by atomic mass is 9.38.